The lowest BCUT2D eigenvalue weighted by Gasteiger charge is -2.22. The van der Waals surface area contributed by atoms with E-state index in [1.54, 1.807) is 0 Å². The number of carbonyl (C=O) groups is 1. The molecular formula is C20H21N5O5S. The molecule has 0 aliphatic rings. The van der Waals surface area contributed by atoms with Crippen LogP contribution in [-0.2, 0) is 0 Å². The maximum Gasteiger partial charge on any atom is 0.277 e. The number of thiazole rings is 1. The van der Waals surface area contributed by atoms with Crippen molar-refractivity contribution in [1.82, 2.24) is 9.88 Å². The number of likely N-dealkylation sites (N-methyl/N-ethyl adjacent to an activating group) is 1. The van der Waals surface area contributed by atoms with Crippen molar-refractivity contribution < 1.29 is 14.6 Å². The second kappa shape index (κ2) is 8.74. The number of hydrogen-bond donors (Lipinski definition) is 0. The number of anilines is 1. The number of nitrogens with zero attached hydrogens (tertiary/aromatic N) is 5. The van der Waals surface area contributed by atoms with E-state index in [1.165, 1.54) is 16.2 Å². The molecule has 1 heterocycles. The summed E-state index contributed by atoms with van der Waals surface area (Å²) < 4.78 is 0.917. The molecule has 10 nitrogen and oxygen atoms in total. The molecule has 0 saturated heterocycles. The van der Waals surface area contributed by atoms with Crippen molar-refractivity contribution in [2.75, 3.05) is 32.1 Å². The summed E-state index contributed by atoms with van der Waals surface area (Å²) in [5, 5.41) is 22.9. The molecule has 1 amide bonds. The van der Waals surface area contributed by atoms with Crippen molar-refractivity contribution in [1.29, 1.82) is 0 Å². The third kappa shape index (κ3) is 4.84. The molecule has 0 radical (unpaired) electrons. The molecular weight excluding hydrogens is 422 g/mol. The summed E-state index contributed by atoms with van der Waals surface area (Å²) in [5.74, 6) is -0.581. The van der Waals surface area contributed by atoms with Crippen molar-refractivity contribution in [2.24, 2.45) is 0 Å². The Morgan fingerprint density at radius 2 is 1.61 bits per heavy atom. The fourth-order valence-electron chi connectivity index (χ4n) is 3.14. The third-order valence-corrected chi connectivity index (χ3v) is 5.66. The number of rotatable bonds is 7. The Morgan fingerprint density at radius 1 is 1.00 bits per heavy atom. The summed E-state index contributed by atoms with van der Waals surface area (Å²) >= 11 is 1.34. The Balaban J connectivity index is 2.11. The fraction of sp³-hybridized carbons (Fsp3) is 0.300. The van der Waals surface area contributed by atoms with Crippen LogP contribution in [0.15, 0.2) is 30.3 Å². The van der Waals surface area contributed by atoms with E-state index >= 15 is 0 Å². The maximum absolute atomic E-state index is 13.4. The summed E-state index contributed by atoms with van der Waals surface area (Å²) in [5.41, 5.74) is 1.66. The number of amides is 1. The highest BCUT2D eigenvalue weighted by Crippen LogP contribution is 2.33. The second-order valence-electron chi connectivity index (χ2n) is 7.44. The Morgan fingerprint density at radius 3 is 2.16 bits per heavy atom. The highest BCUT2D eigenvalue weighted by molar-refractivity contribution is 7.22. The molecule has 0 atom stereocenters. The topological polar surface area (TPSA) is 123 Å². The Labute approximate surface area is 182 Å². The molecule has 0 bridgehead atoms. The SMILES string of the molecule is Cc1cc(C)c2nc(N(CCN(C)C)C(=O)c3cc([N+](=O)[O-])cc([N+](=O)[O-])c3)sc2c1. The number of nitro groups is 2. The molecule has 162 valence electrons. The van der Waals surface area contributed by atoms with Gasteiger partial charge in [-0.1, -0.05) is 17.4 Å². The van der Waals surface area contributed by atoms with Gasteiger partial charge in [-0.25, -0.2) is 4.98 Å². The van der Waals surface area contributed by atoms with Crippen LogP contribution in [0.25, 0.3) is 10.2 Å². The average molecular weight is 443 g/mol. The van der Waals surface area contributed by atoms with Crippen molar-refractivity contribution in [3.05, 3.63) is 67.3 Å². The van der Waals surface area contributed by atoms with Crippen LogP contribution in [0.2, 0.25) is 0 Å². The first kappa shape index (κ1) is 22.2. The van der Waals surface area contributed by atoms with E-state index in [2.05, 4.69) is 4.98 Å². The van der Waals surface area contributed by atoms with Gasteiger partial charge in [-0.05, 0) is 45.1 Å². The lowest BCUT2D eigenvalue weighted by Crippen LogP contribution is -2.36. The van der Waals surface area contributed by atoms with Gasteiger partial charge in [0.05, 0.1) is 31.7 Å². The minimum Gasteiger partial charge on any atom is -0.308 e. The van der Waals surface area contributed by atoms with E-state index < -0.39 is 27.1 Å². The van der Waals surface area contributed by atoms with Crippen molar-refractivity contribution in [2.45, 2.75) is 13.8 Å². The third-order valence-electron chi connectivity index (χ3n) is 4.64. The van der Waals surface area contributed by atoms with Gasteiger partial charge in [-0.15, -0.1) is 0 Å². The van der Waals surface area contributed by atoms with Crippen LogP contribution in [0.4, 0.5) is 16.5 Å². The van der Waals surface area contributed by atoms with Gasteiger partial charge in [0.15, 0.2) is 5.13 Å². The van der Waals surface area contributed by atoms with E-state index in [1.807, 2.05) is 45.0 Å². The first-order valence-electron chi connectivity index (χ1n) is 9.35. The van der Waals surface area contributed by atoms with Crippen LogP contribution < -0.4 is 4.90 Å². The number of hydrogen-bond acceptors (Lipinski definition) is 8. The summed E-state index contributed by atoms with van der Waals surface area (Å²) in [7, 11) is 3.71. The van der Waals surface area contributed by atoms with Gasteiger partial charge in [-0.3, -0.25) is 29.9 Å². The van der Waals surface area contributed by atoms with Crippen LogP contribution in [0.3, 0.4) is 0 Å². The largest absolute Gasteiger partial charge is 0.308 e. The van der Waals surface area contributed by atoms with Crippen LogP contribution in [0, 0.1) is 34.1 Å². The molecule has 0 spiro atoms. The standard InChI is InChI=1S/C20H21N5O5S/c1-12-7-13(2)18-17(8-12)31-20(21-18)23(6-5-22(3)4)19(26)14-9-15(24(27)28)11-16(10-14)25(29)30/h7-11H,5-6H2,1-4H3. The molecule has 0 unspecified atom stereocenters. The van der Waals surface area contributed by atoms with Crippen LogP contribution in [0.5, 0.6) is 0 Å². The van der Waals surface area contributed by atoms with Gasteiger partial charge in [-0.2, -0.15) is 0 Å². The van der Waals surface area contributed by atoms with Crippen molar-refractivity contribution in [3.8, 4) is 0 Å². The summed E-state index contributed by atoms with van der Waals surface area (Å²) in [6.45, 7) is 4.69. The highest BCUT2D eigenvalue weighted by Gasteiger charge is 2.26. The summed E-state index contributed by atoms with van der Waals surface area (Å²) in [4.78, 5) is 42.3. The Bertz CT molecular complexity index is 1160. The van der Waals surface area contributed by atoms with Crippen molar-refractivity contribution >= 4 is 44.0 Å². The van der Waals surface area contributed by atoms with Gasteiger partial charge in [0.25, 0.3) is 17.3 Å². The zero-order valence-corrected chi connectivity index (χ0v) is 18.3. The molecule has 0 aliphatic carbocycles. The molecule has 0 saturated carbocycles. The molecule has 11 heteroatoms. The number of benzene rings is 2. The Hall–Kier alpha value is -3.44. The number of aryl methyl sites for hydroxylation is 2. The quantitative estimate of drug-likeness (QED) is 0.400. The molecule has 0 aliphatic heterocycles. The van der Waals surface area contributed by atoms with Gasteiger partial charge < -0.3 is 4.90 Å². The number of aromatic nitrogens is 1. The number of carbonyl (C=O) groups excluding carboxylic acids is 1. The van der Waals surface area contributed by atoms with Crippen LogP contribution >= 0.6 is 11.3 Å². The molecule has 0 fully saturated rings. The number of fused-ring (bicyclic) bond motifs is 1. The predicted molar refractivity (Wildman–Crippen MR) is 119 cm³/mol. The zero-order chi connectivity index (χ0) is 22.9. The minimum atomic E-state index is -0.752. The summed E-state index contributed by atoms with van der Waals surface area (Å²) in [6.07, 6.45) is 0. The second-order valence-corrected chi connectivity index (χ2v) is 8.45. The molecule has 0 N–H and O–H groups in total. The number of nitro benzene ring substituents is 2. The maximum atomic E-state index is 13.4. The van der Waals surface area contributed by atoms with Crippen LogP contribution in [0.1, 0.15) is 21.5 Å². The fourth-order valence-corrected chi connectivity index (χ4v) is 4.31. The normalized spacial score (nSPS) is 11.1. The predicted octanol–water partition coefficient (Wildman–Crippen LogP) is 3.94. The van der Waals surface area contributed by atoms with E-state index in [4.69, 9.17) is 0 Å². The monoisotopic (exact) mass is 443 g/mol. The molecule has 3 aromatic rings. The van der Waals surface area contributed by atoms with Gasteiger partial charge in [0, 0.05) is 25.2 Å². The van der Waals surface area contributed by atoms with E-state index in [0.717, 1.165) is 39.5 Å². The van der Waals surface area contributed by atoms with E-state index in [9.17, 15) is 25.0 Å². The number of non-ortho nitro benzene ring substituents is 2. The minimum absolute atomic E-state index is 0.133. The van der Waals surface area contributed by atoms with E-state index in [-0.39, 0.29) is 12.1 Å². The van der Waals surface area contributed by atoms with Gasteiger partial charge in [0.2, 0.25) is 0 Å². The van der Waals surface area contributed by atoms with Crippen LogP contribution in [-0.4, -0.2) is 52.8 Å². The van der Waals surface area contributed by atoms with Gasteiger partial charge >= 0.3 is 0 Å². The molecule has 3 rings (SSSR count). The average Bonchev–Trinajstić information content (AvgIpc) is 3.11. The lowest BCUT2D eigenvalue weighted by atomic mass is 10.1. The first-order chi connectivity index (χ1) is 14.6. The molecule has 31 heavy (non-hydrogen) atoms. The van der Waals surface area contributed by atoms with E-state index in [0.29, 0.717) is 11.7 Å². The first-order valence-corrected chi connectivity index (χ1v) is 10.2. The Kier molecular flexibility index (Phi) is 6.27. The summed E-state index contributed by atoms with van der Waals surface area (Å²) in [6, 6.07) is 6.93. The highest BCUT2D eigenvalue weighted by atomic mass is 32.1. The lowest BCUT2D eigenvalue weighted by molar-refractivity contribution is -0.394. The van der Waals surface area contributed by atoms with Gasteiger partial charge in [0.1, 0.15) is 0 Å². The smallest absolute Gasteiger partial charge is 0.277 e. The zero-order valence-electron chi connectivity index (χ0n) is 17.5. The molecule has 1 aromatic heterocycles. The van der Waals surface area contributed by atoms with Crippen molar-refractivity contribution in [3.63, 3.8) is 0 Å². The molecule has 2 aromatic carbocycles.